The molecule has 0 bridgehead atoms. The van der Waals surface area contributed by atoms with Gasteiger partial charge in [0.15, 0.2) is 0 Å². The van der Waals surface area contributed by atoms with E-state index in [1.165, 1.54) is 34.4 Å². The fourth-order valence-corrected chi connectivity index (χ4v) is 7.20. The molecular formula is C18H16ClN2O5S4+. The van der Waals surface area contributed by atoms with Gasteiger partial charge in [-0.15, -0.1) is 0 Å². The molecule has 0 atom stereocenters. The number of thiazole rings is 1. The normalized spacial score (nSPS) is 15.3. The van der Waals surface area contributed by atoms with Gasteiger partial charge in [0.2, 0.25) is 6.54 Å². The van der Waals surface area contributed by atoms with Gasteiger partial charge in [0.1, 0.15) is 4.70 Å². The Bertz CT molecular complexity index is 1260. The molecule has 12 heteroatoms. The second-order valence-corrected chi connectivity index (χ2v) is 11.5. The monoisotopic (exact) mass is 503 g/mol. The molecule has 2 aromatic heterocycles. The Morgan fingerprint density at radius 2 is 2.10 bits per heavy atom. The average molecular weight is 504 g/mol. The van der Waals surface area contributed by atoms with Gasteiger partial charge in [-0.1, -0.05) is 46.0 Å². The van der Waals surface area contributed by atoms with Crippen molar-refractivity contribution in [2.75, 3.05) is 17.2 Å². The summed E-state index contributed by atoms with van der Waals surface area (Å²) in [5.41, 5.74) is 0.859. The average Bonchev–Trinajstić information content (AvgIpc) is 3.30. The number of thioether (sulfide) groups is 1. The van der Waals surface area contributed by atoms with E-state index in [9.17, 15) is 18.3 Å². The van der Waals surface area contributed by atoms with Crippen molar-refractivity contribution < 1.29 is 27.4 Å². The lowest BCUT2D eigenvalue weighted by atomic mass is 10.2. The summed E-state index contributed by atoms with van der Waals surface area (Å²) in [6.45, 7) is 0.219. The molecule has 4 rings (SSSR count). The molecule has 3 heterocycles. The number of aromatic nitrogens is 1. The molecule has 1 aliphatic rings. The highest BCUT2D eigenvalue weighted by atomic mass is 35.5. The maximum atomic E-state index is 11.4. The largest absolute Gasteiger partial charge is 0.477 e. The Morgan fingerprint density at radius 1 is 1.30 bits per heavy atom. The minimum absolute atomic E-state index is 0.147. The highest BCUT2D eigenvalue weighted by molar-refractivity contribution is 8.03. The third kappa shape index (κ3) is 4.66. The van der Waals surface area contributed by atoms with Gasteiger partial charge in [-0.25, -0.2) is 4.79 Å². The van der Waals surface area contributed by atoms with E-state index in [0.717, 1.165) is 30.1 Å². The molecule has 7 nitrogen and oxygen atoms in total. The van der Waals surface area contributed by atoms with E-state index < -0.39 is 16.1 Å². The van der Waals surface area contributed by atoms with E-state index in [0.29, 0.717) is 11.6 Å². The van der Waals surface area contributed by atoms with Crippen LogP contribution in [0.2, 0.25) is 5.02 Å². The number of nitrogens with zero attached hydrogens (tertiary/aromatic N) is 2. The minimum Gasteiger partial charge on any atom is -0.477 e. The predicted octanol–water partition coefficient (Wildman–Crippen LogP) is 4.18. The molecule has 0 spiro atoms. The van der Waals surface area contributed by atoms with Crippen LogP contribution in [0.4, 0.5) is 5.69 Å². The molecule has 0 saturated heterocycles. The second kappa shape index (κ2) is 8.48. The van der Waals surface area contributed by atoms with E-state index in [1.54, 1.807) is 10.6 Å². The Morgan fingerprint density at radius 3 is 2.83 bits per heavy atom. The van der Waals surface area contributed by atoms with Crippen LogP contribution in [0.3, 0.4) is 0 Å². The summed E-state index contributed by atoms with van der Waals surface area (Å²) in [5.74, 6) is -1.27. The van der Waals surface area contributed by atoms with Crippen molar-refractivity contribution in [3.63, 3.8) is 0 Å². The van der Waals surface area contributed by atoms with Crippen molar-refractivity contribution >= 4 is 83.4 Å². The summed E-state index contributed by atoms with van der Waals surface area (Å²) in [6.07, 6.45) is 2.16. The van der Waals surface area contributed by atoms with E-state index in [1.807, 2.05) is 34.6 Å². The van der Waals surface area contributed by atoms with Crippen molar-refractivity contribution in [3.05, 3.63) is 44.7 Å². The number of carboxylic acids is 1. The summed E-state index contributed by atoms with van der Waals surface area (Å²) in [5, 5.41) is 13.5. The number of anilines is 1. The third-order valence-electron chi connectivity index (χ3n) is 4.35. The van der Waals surface area contributed by atoms with Gasteiger partial charge in [-0.3, -0.25) is 4.55 Å². The smallest absolute Gasteiger partial charge is 0.370 e. The van der Waals surface area contributed by atoms with Gasteiger partial charge in [-0.05, 0) is 36.1 Å². The standard InChI is InChI=1S/C18H15ClN2O5S4/c19-11-2-3-13-12(8-11)20(5-1-7-30(24,25)26)15(28-13)9-16-21(10-17(22)23)18-14(29-16)4-6-27-18/h2-4,6,8-9H,1,5,7,10H2,(H-,22,23,24,25,26)/p+1. The summed E-state index contributed by atoms with van der Waals surface area (Å²) in [7, 11) is -4.05. The van der Waals surface area contributed by atoms with Crippen LogP contribution in [0.25, 0.3) is 15.6 Å². The molecule has 3 aromatic rings. The first-order chi connectivity index (χ1) is 14.2. The zero-order valence-corrected chi connectivity index (χ0v) is 19.3. The number of hydrogen-bond acceptors (Lipinski definition) is 7. The van der Waals surface area contributed by atoms with Crippen LogP contribution in [0.1, 0.15) is 11.4 Å². The molecule has 2 N–H and O–H groups in total. The number of hydrogen-bond donors (Lipinski definition) is 2. The van der Waals surface area contributed by atoms with E-state index in [-0.39, 0.29) is 18.7 Å². The molecule has 158 valence electrons. The number of aliphatic carboxylic acids is 1. The van der Waals surface area contributed by atoms with E-state index in [4.69, 9.17) is 16.2 Å². The number of fused-ring (bicyclic) bond motifs is 2. The molecule has 0 unspecified atom stereocenters. The first-order valence-electron chi connectivity index (χ1n) is 8.75. The van der Waals surface area contributed by atoms with Gasteiger partial charge >= 0.3 is 5.97 Å². The molecule has 30 heavy (non-hydrogen) atoms. The highest BCUT2D eigenvalue weighted by Crippen LogP contribution is 2.48. The van der Waals surface area contributed by atoms with Gasteiger partial charge in [0.05, 0.1) is 22.5 Å². The number of carboxylic acid groups (broad SMARTS) is 1. The van der Waals surface area contributed by atoms with Gasteiger partial charge in [0.25, 0.3) is 20.0 Å². The van der Waals surface area contributed by atoms with Crippen LogP contribution >= 0.6 is 46.0 Å². The molecule has 0 amide bonds. The van der Waals surface area contributed by atoms with Crippen LogP contribution in [0.15, 0.2) is 39.6 Å². The quantitative estimate of drug-likeness (QED) is 0.368. The first kappa shape index (κ1) is 21.6. The van der Waals surface area contributed by atoms with Crippen LogP contribution in [0, 0.1) is 0 Å². The number of carbonyl (C=O) groups is 1. The predicted molar refractivity (Wildman–Crippen MR) is 121 cm³/mol. The maximum Gasteiger partial charge on any atom is 0.370 e. The highest BCUT2D eigenvalue weighted by Gasteiger charge is 2.29. The van der Waals surface area contributed by atoms with Gasteiger partial charge in [-0.2, -0.15) is 13.0 Å². The maximum absolute atomic E-state index is 11.4. The minimum atomic E-state index is -4.05. The molecule has 1 aromatic carbocycles. The SMILES string of the molecule is O=C(O)C[n+]1c(C=C2Sc3ccc(Cl)cc3N2CCCS(=O)(=O)O)sc2ccsc21. The van der Waals surface area contributed by atoms with Crippen molar-refractivity contribution in [1.29, 1.82) is 0 Å². The van der Waals surface area contributed by atoms with Crippen LogP contribution < -0.4 is 9.47 Å². The Balaban J connectivity index is 1.73. The first-order valence-corrected chi connectivity index (χ1v) is 13.2. The number of thiophene rings is 1. The molecular weight excluding hydrogens is 488 g/mol. The van der Waals surface area contributed by atoms with Crippen molar-refractivity contribution in [2.24, 2.45) is 0 Å². The third-order valence-corrected chi connectivity index (χ3v) is 8.67. The molecule has 0 saturated carbocycles. The van der Waals surface area contributed by atoms with Crippen LogP contribution in [-0.4, -0.2) is 36.3 Å². The van der Waals surface area contributed by atoms with Crippen molar-refractivity contribution in [2.45, 2.75) is 17.9 Å². The summed E-state index contributed by atoms with van der Waals surface area (Å²) in [4.78, 5) is 15.2. The fraction of sp³-hybridized carbons (Fsp3) is 0.222. The van der Waals surface area contributed by atoms with Gasteiger partial charge in [0, 0.05) is 16.5 Å². The summed E-state index contributed by atoms with van der Waals surface area (Å²) >= 11 is 10.7. The molecule has 1 aliphatic heterocycles. The Kier molecular flexibility index (Phi) is 6.11. The van der Waals surface area contributed by atoms with E-state index >= 15 is 0 Å². The Hall–Kier alpha value is -1.63. The zero-order valence-electron chi connectivity index (χ0n) is 15.3. The Labute approximate surface area is 190 Å². The lowest BCUT2D eigenvalue weighted by Crippen LogP contribution is -2.38. The molecule has 0 radical (unpaired) electrons. The molecule has 0 aliphatic carbocycles. The summed E-state index contributed by atoms with van der Waals surface area (Å²) in [6, 6.07) is 7.47. The number of benzene rings is 1. The van der Waals surface area contributed by atoms with E-state index in [2.05, 4.69) is 0 Å². The van der Waals surface area contributed by atoms with Crippen LogP contribution in [-0.2, 0) is 21.5 Å². The van der Waals surface area contributed by atoms with Crippen molar-refractivity contribution in [1.82, 2.24) is 0 Å². The van der Waals surface area contributed by atoms with Gasteiger partial charge < -0.3 is 10.0 Å². The van der Waals surface area contributed by atoms with Crippen LogP contribution in [0.5, 0.6) is 0 Å². The molecule has 0 fully saturated rings. The van der Waals surface area contributed by atoms with Crippen molar-refractivity contribution in [3.8, 4) is 0 Å². The second-order valence-electron chi connectivity index (χ2n) is 6.50. The number of halogens is 1. The topological polar surface area (TPSA) is 98.8 Å². The fourth-order valence-electron chi connectivity index (χ4n) is 3.15. The zero-order chi connectivity index (χ0) is 21.5. The summed E-state index contributed by atoms with van der Waals surface area (Å²) < 4.78 is 34.1. The lowest BCUT2D eigenvalue weighted by molar-refractivity contribution is -0.655. The number of rotatable bonds is 7. The lowest BCUT2D eigenvalue weighted by Gasteiger charge is -2.20.